The highest BCUT2D eigenvalue weighted by atomic mass is 32.1. The first-order valence-corrected chi connectivity index (χ1v) is 7.12. The summed E-state index contributed by atoms with van der Waals surface area (Å²) in [6.45, 7) is -0.945. The van der Waals surface area contributed by atoms with E-state index in [2.05, 4.69) is 25.9 Å². The van der Waals surface area contributed by atoms with Crippen LogP contribution in [-0.2, 0) is 0 Å². The Morgan fingerprint density at radius 2 is 2.05 bits per heavy atom. The predicted molar refractivity (Wildman–Crippen MR) is 82.9 cm³/mol. The van der Waals surface area contributed by atoms with Gasteiger partial charge in [0.15, 0.2) is 5.11 Å². The Bertz CT molecular complexity index is 604. The Hall–Kier alpha value is -2.00. The van der Waals surface area contributed by atoms with Crippen molar-refractivity contribution < 1.29 is 13.5 Å². The fraction of sp³-hybridized carbons (Fsp3) is 0.167. The van der Waals surface area contributed by atoms with Crippen LogP contribution in [0.1, 0.15) is 5.69 Å². The first-order chi connectivity index (χ1) is 10.0. The van der Waals surface area contributed by atoms with E-state index in [-0.39, 0.29) is 5.75 Å². The molecule has 1 aromatic heterocycles. The number of anilines is 2. The van der Waals surface area contributed by atoms with Gasteiger partial charge in [-0.3, -0.25) is 10.9 Å². The molecule has 0 radical (unpaired) electrons. The van der Waals surface area contributed by atoms with Crippen LogP contribution in [0.15, 0.2) is 29.6 Å². The molecule has 1 heterocycles. The number of thiazole rings is 1. The molecular weight excluding hydrogens is 318 g/mol. The third-order valence-corrected chi connectivity index (χ3v) is 3.32. The topological polar surface area (TPSA) is 58.2 Å². The van der Waals surface area contributed by atoms with Crippen LogP contribution in [0.5, 0.6) is 5.75 Å². The molecule has 5 nitrogen and oxygen atoms in total. The summed E-state index contributed by atoms with van der Waals surface area (Å²) in [5, 5.41) is 5.81. The summed E-state index contributed by atoms with van der Waals surface area (Å²) in [6, 6.07) is 6.02. The van der Waals surface area contributed by atoms with Crippen LogP contribution in [0.3, 0.4) is 0 Å². The van der Waals surface area contributed by atoms with Crippen LogP contribution < -0.4 is 20.9 Å². The van der Waals surface area contributed by atoms with Gasteiger partial charge in [0.05, 0.1) is 5.69 Å². The molecule has 0 spiro atoms. The Labute approximate surface area is 129 Å². The van der Waals surface area contributed by atoms with Gasteiger partial charge in [0.2, 0.25) is 5.13 Å². The summed E-state index contributed by atoms with van der Waals surface area (Å²) in [4.78, 5) is 4.20. The zero-order chi connectivity index (χ0) is 15.2. The van der Waals surface area contributed by atoms with E-state index in [1.165, 1.54) is 23.5 Å². The molecule has 9 heteroatoms. The second-order valence-electron chi connectivity index (χ2n) is 3.90. The molecule has 0 aliphatic heterocycles. The van der Waals surface area contributed by atoms with Gasteiger partial charge in [-0.25, -0.2) is 4.98 Å². The minimum Gasteiger partial charge on any atom is -0.435 e. The first-order valence-electron chi connectivity index (χ1n) is 5.83. The van der Waals surface area contributed by atoms with E-state index in [4.69, 9.17) is 12.2 Å². The maximum absolute atomic E-state index is 12.0. The number of aromatic nitrogens is 1. The first kappa shape index (κ1) is 15.4. The van der Waals surface area contributed by atoms with Gasteiger partial charge < -0.3 is 10.1 Å². The number of benzene rings is 1. The number of thiocarbonyl (C=S) groups is 1. The molecule has 0 atom stereocenters. The van der Waals surface area contributed by atoms with Gasteiger partial charge >= 0.3 is 6.61 Å². The molecule has 0 saturated heterocycles. The van der Waals surface area contributed by atoms with Crippen LogP contribution in [0.4, 0.5) is 19.6 Å². The number of hydrogen-bond acceptors (Lipinski definition) is 5. The van der Waals surface area contributed by atoms with E-state index in [9.17, 15) is 8.78 Å². The lowest BCUT2D eigenvalue weighted by Gasteiger charge is -2.11. The summed E-state index contributed by atoms with van der Waals surface area (Å²) < 4.78 is 28.3. The van der Waals surface area contributed by atoms with Crippen molar-refractivity contribution in [1.82, 2.24) is 10.4 Å². The van der Waals surface area contributed by atoms with Crippen LogP contribution in [0.2, 0.25) is 0 Å². The van der Waals surface area contributed by atoms with Crippen molar-refractivity contribution in [2.45, 2.75) is 13.5 Å². The molecule has 0 aliphatic carbocycles. The lowest BCUT2D eigenvalue weighted by molar-refractivity contribution is -0.0498. The van der Waals surface area contributed by atoms with Crippen molar-refractivity contribution in [2.75, 3.05) is 10.7 Å². The van der Waals surface area contributed by atoms with Gasteiger partial charge in [0.1, 0.15) is 5.75 Å². The highest BCUT2D eigenvalue weighted by Crippen LogP contribution is 2.17. The smallest absolute Gasteiger partial charge is 0.387 e. The molecule has 3 N–H and O–H groups in total. The molecule has 0 aliphatic rings. The van der Waals surface area contributed by atoms with Gasteiger partial charge in [0, 0.05) is 11.1 Å². The normalized spacial score (nSPS) is 10.3. The van der Waals surface area contributed by atoms with Crippen molar-refractivity contribution in [3.63, 3.8) is 0 Å². The van der Waals surface area contributed by atoms with Crippen molar-refractivity contribution in [2.24, 2.45) is 0 Å². The van der Waals surface area contributed by atoms with Crippen LogP contribution in [-0.4, -0.2) is 16.7 Å². The maximum atomic E-state index is 12.0. The number of aryl methyl sites for hydroxylation is 1. The summed E-state index contributed by atoms with van der Waals surface area (Å²) in [6.07, 6.45) is 0. The minimum absolute atomic E-state index is 0.0887. The highest BCUT2D eigenvalue weighted by molar-refractivity contribution is 7.80. The van der Waals surface area contributed by atoms with Gasteiger partial charge in [0.25, 0.3) is 0 Å². The minimum atomic E-state index is -2.84. The summed E-state index contributed by atoms with van der Waals surface area (Å²) in [5.74, 6) is 0.0887. The number of alkyl halides is 2. The van der Waals surface area contributed by atoms with Crippen LogP contribution >= 0.6 is 23.6 Å². The monoisotopic (exact) mass is 330 g/mol. The molecule has 2 aromatic rings. The largest absolute Gasteiger partial charge is 0.435 e. The number of hydrogen-bond donors (Lipinski definition) is 3. The van der Waals surface area contributed by atoms with Gasteiger partial charge in [-0.1, -0.05) is 0 Å². The maximum Gasteiger partial charge on any atom is 0.387 e. The lowest BCUT2D eigenvalue weighted by Crippen LogP contribution is -2.33. The van der Waals surface area contributed by atoms with Crippen molar-refractivity contribution in [3.8, 4) is 5.75 Å². The summed E-state index contributed by atoms with van der Waals surface area (Å²) >= 11 is 6.53. The molecule has 0 fully saturated rings. The number of hydrazine groups is 1. The molecule has 0 unspecified atom stereocenters. The molecule has 112 valence electrons. The quantitative estimate of drug-likeness (QED) is 0.577. The van der Waals surface area contributed by atoms with Crippen LogP contribution in [0, 0.1) is 6.92 Å². The third-order valence-electron chi connectivity index (χ3n) is 2.24. The molecule has 21 heavy (non-hydrogen) atoms. The Kier molecular flexibility index (Phi) is 5.23. The summed E-state index contributed by atoms with van der Waals surface area (Å²) in [7, 11) is 0. The fourth-order valence-electron chi connectivity index (χ4n) is 1.40. The molecule has 0 bridgehead atoms. The van der Waals surface area contributed by atoms with Crippen LogP contribution in [0.25, 0.3) is 0 Å². The second-order valence-corrected chi connectivity index (χ2v) is 5.17. The molecule has 2 rings (SSSR count). The van der Waals surface area contributed by atoms with E-state index in [0.717, 1.165) is 5.69 Å². The molecular formula is C12H12F2N4OS2. The predicted octanol–water partition coefficient (Wildman–Crippen LogP) is 3.37. The van der Waals surface area contributed by atoms with E-state index >= 15 is 0 Å². The van der Waals surface area contributed by atoms with E-state index < -0.39 is 6.61 Å². The molecule has 0 amide bonds. The standard InChI is InChI=1S/C12H12F2N4OS2/c1-7-6-21-12(15-7)18-17-11(20)16-8-2-4-9(5-3-8)19-10(13)14/h2-6,10H,1H3,(H,15,18)(H2,16,17,20). The highest BCUT2D eigenvalue weighted by Gasteiger charge is 2.04. The molecule has 1 aromatic carbocycles. The Morgan fingerprint density at radius 1 is 1.33 bits per heavy atom. The van der Waals surface area contributed by atoms with E-state index in [1.54, 1.807) is 12.1 Å². The van der Waals surface area contributed by atoms with Gasteiger partial charge in [-0.15, -0.1) is 11.3 Å². The van der Waals surface area contributed by atoms with Crippen molar-refractivity contribution in [1.29, 1.82) is 0 Å². The van der Waals surface area contributed by atoms with E-state index in [1.807, 2.05) is 12.3 Å². The second kappa shape index (κ2) is 7.14. The Morgan fingerprint density at radius 3 is 2.62 bits per heavy atom. The fourth-order valence-corrected chi connectivity index (χ4v) is 2.21. The average molecular weight is 330 g/mol. The van der Waals surface area contributed by atoms with Gasteiger partial charge in [-0.2, -0.15) is 8.78 Å². The zero-order valence-electron chi connectivity index (χ0n) is 10.9. The number of rotatable bonds is 5. The average Bonchev–Trinajstić information content (AvgIpc) is 2.84. The molecule has 0 saturated carbocycles. The summed E-state index contributed by atoms with van der Waals surface area (Å²) in [5.41, 5.74) is 7.19. The van der Waals surface area contributed by atoms with E-state index in [0.29, 0.717) is 15.9 Å². The third kappa shape index (κ3) is 5.12. The number of nitrogens with zero attached hydrogens (tertiary/aromatic N) is 1. The number of nitrogens with one attached hydrogen (secondary N) is 3. The van der Waals surface area contributed by atoms with Gasteiger partial charge in [-0.05, 0) is 43.4 Å². The number of ether oxygens (including phenoxy) is 1. The van der Waals surface area contributed by atoms with Crippen molar-refractivity contribution in [3.05, 3.63) is 35.3 Å². The Balaban J connectivity index is 1.82. The lowest BCUT2D eigenvalue weighted by atomic mass is 10.3. The van der Waals surface area contributed by atoms with Crippen molar-refractivity contribution >= 4 is 39.5 Å². The number of halogens is 2. The SMILES string of the molecule is Cc1csc(NNC(=S)Nc2ccc(OC(F)F)cc2)n1. The zero-order valence-corrected chi connectivity index (χ0v) is 12.5.